The van der Waals surface area contributed by atoms with Gasteiger partial charge in [0.25, 0.3) is 0 Å². The lowest BCUT2D eigenvalue weighted by atomic mass is 10.1. The Bertz CT molecular complexity index is 863. The zero-order valence-corrected chi connectivity index (χ0v) is 14.6. The van der Waals surface area contributed by atoms with E-state index in [0.717, 1.165) is 6.07 Å². The highest BCUT2D eigenvalue weighted by Crippen LogP contribution is 2.22. The Balaban J connectivity index is 2.11. The number of amides is 1. The molecule has 0 heterocycles. The van der Waals surface area contributed by atoms with Gasteiger partial charge in [-0.2, -0.15) is 0 Å². The van der Waals surface area contributed by atoms with Crippen molar-refractivity contribution in [1.29, 1.82) is 0 Å². The van der Waals surface area contributed by atoms with Gasteiger partial charge in [0.2, 0.25) is 5.91 Å². The molecule has 0 saturated carbocycles. The molecule has 7 heteroatoms. The molecule has 0 saturated heterocycles. The van der Waals surface area contributed by atoms with E-state index in [1.54, 1.807) is 19.1 Å². The molecule has 2 aromatic carbocycles. The largest absolute Gasteiger partial charge is 0.494 e. The van der Waals surface area contributed by atoms with Gasteiger partial charge in [-0.05, 0) is 36.8 Å². The van der Waals surface area contributed by atoms with Crippen molar-refractivity contribution in [3.8, 4) is 5.75 Å². The molecule has 0 spiro atoms. The number of Topliss-reactive ketones (excluding diaryl/α,β-unsaturated/α-hetero) is 1. The molecule has 0 unspecified atom stereocenters. The number of hydrogen-bond donors (Lipinski definition) is 1. The van der Waals surface area contributed by atoms with Crippen LogP contribution in [0.25, 0.3) is 0 Å². The smallest absolute Gasteiger partial charge is 0.340 e. The Morgan fingerprint density at radius 3 is 2.50 bits per heavy atom. The van der Waals surface area contributed by atoms with Crippen LogP contribution in [0.1, 0.15) is 33.2 Å². The normalized spacial score (nSPS) is 10.2. The standard InChI is InChI=1S/C19H18FNO5/c1-11-5-4-6-14(18(11)21-12(2)22)19(24)26-10-16(23)13-7-8-17(25-3)15(20)9-13/h4-9H,10H2,1-3H3,(H,21,22). The van der Waals surface area contributed by atoms with E-state index < -0.39 is 24.2 Å². The van der Waals surface area contributed by atoms with Crippen molar-refractivity contribution in [1.82, 2.24) is 0 Å². The quantitative estimate of drug-likeness (QED) is 0.633. The number of hydrogen-bond acceptors (Lipinski definition) is 5. The maximum absolute atomic E-state index is 13.7. The number of ether oxygens (including phenoxy) is 2. The second-order valence-electron chi connectivity index (χ2n) is 5.53. The minimum absolute atomic E-state index is 0.0123. The van der Waals surface area contributed by atoms with E-state index in [9.17, 15) is 18.8 Å². The molecule has 0 radical (unpaired) electrons. The molecule has 0 fully saturated rings. The summed E-state index contributed by atoms with van der Waals surface area (Å²) >= 11 is 0. The predicted molar refractivity (Wildman–Crippen MR) is 93.0 cm³/mol. The molecule has 0 atom stereocenters. The number of halogens is 1. The second-order valence-corrected chi connectivity index (χ2v) is 5.53. The first-order valence-electron chi connectivity index (χ1n) is 7.74. The molecule has 1 amide bonds. The number of carbonyl (C=O) groups is 3. The number of rotatable bonds is 6. The Morgan fingerprint density at radius 1 is 1.15 bits per heavy atom. The van der Waals surface area contributed by atoms with Gasteiger partial charge in [-0.1, -0.05) is 12.1 Å². The molecule has 2 rings (SSSR count). The lowest BCUT2D eigenvalue weighted by Gasteiger charge is -2.12. The Hall–Kier alpha value is -3.22. The van der Waals surface area contributed by atoms with Crippen molar-refractivity contribution in [2.75, 3.05) is 19.0 Å². The van der Waals surface area contributed by atoms with E-state index in [1.165, 1.54) is 32.2 Å². The van der Waals surface area contributed by atoms with E-state index in [4.69, 9.17) is 9.47 Å². The average molecular weight is 359 g/mol. The predicted octanol–water partition coefficient (Wildman–Crippen LogP) is 3.14. The fourth-order valence-electron chi connectivity index (χ4n) is 2.31. The van der Waals surface area contributed by atoms with Crippen LogP contribution >= 0.6 is 0 Å². The van der Waals surface area contributed by atoms with Crippen molar-refractivity contribution in [3.05, 3.63) is 58.9 Å². The van der Waals surface area contributed by atoms with E-state index in [-0.39, 0.29) is 22.8 Å². The third-order valence-electron chi connectivity index (χ3n) is 3.60. The fourth-order valence-corrected chi connectivity index (χ4v) is 2.31. The summed E-state index contributed by atoms with van der Waals surface area (Å²) < 4.78 is 23.5. The van der Waals surface area contributed by atoms with Crippen molar-refractivity contribution in [3.63, 3.8) is 0 Å². The lowest BCUT2D eigenvalue weighted by Crippen LogP contribution is -2.17. The van der Waals surface area contributed by atoms with Crippen LogP contribution in [-0.2, 0) is 9.53 Å². The van der Waals surface area contributed by atoms with Crippen LogP contribution in [0.3, 0.4) is 0 Å². The number of esters is 1. The zero-order valence-electron chi connectivity index (χ0n) is 14.6. The number of para-hydroxylation sites is 1. The van der Waals surface area contributed by atoms with Crippen molar-refractivity contribution < 1.29 is 28.2 Å². The highest BCUT2D eigenvalue weighted by atomic mass is 19.1. The molecule has 136 valence electrons. The van der Waals surface area contributed by atoms with Gasteiger partial charge in [0, 0.05) is 12.5 Å². The van der Waals surface area contributed by atoms with Crippen molar-refractivity contribution >= 4 is 23.3 Å². The number of nitrogens with one attached hydrogen (secondary N) is 1. The van der Waals surface area contributed by atoms with Gasteiger partial charge in [0.05, 0.1) is 18.4 Å². The first-order valence-corrected chi connectivity index (χ1v) is 7.74. The molecule has 0 aliphatic heterocycles. The minimum Gasteiger partial charge on any atom is -0.494 e. The van der Waals surface area contributed by atoms with Crippen LogP contribution in [0.4, 0.5) is 10.1 Å². The van der Waals surface area contributed by atoms with Crippen LogP contribution in [-0.4, -0.2) is 31.4 Å². The molecule has 0 bridgehead atoms. The van der Waals surface area contributed by atoms with Gasteiger partial charge >= 0.3 is 5.97 Å². The molecule has 0 aliphatic rings. The zero-order chi connectivity index (χ0) is 19.3. The van der Waals surface area contributed by atoms with Crippen molar-refractivity contribution in [2.24, 2.45) is 0 Å². The Morgan fingerprint density at radius 2 is 1.88 bits per heavy atom. The molecule has 6 nitrogen and oxygen atoms in total. The third-order valence-corrected chi connectivity index (χ3v) is 3.60. The molecule has 0 aliphatic carbocycles. The van der Waals surface area contributed by atoms with Gasteiger partial charge in [0.1, 0.15) is 0 Å². The highest BCUT2D eigenvalue weighted by Gasteiger charge is 2.18. The van der Waals surface area contributed by atoms with Gasteiger partial charge in [-0.3, -0.25) is 9.59 Å². The van der Waals surface area contributed by atoms with E-state index in [0.29, 0.717) is 11.3 Å². The van der Waals surface area contributed by atoms with Gasteiger partial charge < -0.3 is 14.8 Å². The summed E-state index contributed by atoms with van der Waals surface area (Å²) in [6.07, 6.45) is 0. The molecule has 1 N–H and O–H groups in total. The lowest BCUT2D eigenvalue weighted by molar-refractivity contribution is -0.114. The first-order chi connectivity index (χ1) is 12.3. The number of ketones is 1. The summed E-state index contributed by atoms with van der Waals surface area (Å²) in [7, 11) is 1.32. The molecule has 2 aromatic rings. The topological polar surface area (TPSA) is 81.7 Å². The molecular weight excluding hydrogens is 341 g/mol. The highest BCUT2D eigenvalue weighted by molar-refractivity contribution is 6.03. The van der Waals surface area contributed by atoms with Gasteiger partial charge in [0.15, 0.2) is 24.0 Å². The summed E-state index contributed by atoms with van der Waals surface area (Å²) in [6, 6.07) is 8.57. The number of aryl methyl sites for hydroxylation is 1. The summed E-state index contributed by atoms with van der Waals surface area (Å²) in [4.78, 5) is 35.7. The summed E-state index contributed by atoms with van der Waals surface area (Å²) in [5.74, 6) is -2.33. The monoisotopic (exact) mass is 359 g/mol. The fraction of sp³-hybridized carbons (Fsp3) is 0.211. The van der Waals surface area contributed by atoms with Crippen LogP contribution in [0, 0.1) is 12.7 Å². The number of anilines is 1. The van der Waals surface area contributed by atoms with Crippen LogP contribution < -0.4 is 10.1 Å². The molecular formula is C19H18FNO5. The van der Waals surface area contributed by atoms with Crippen LogP contribution in [0.2, 0.25) is 0 Å². The third kappa shape index (κ3) is 4.44. The maximum atomic E-state index is 13.7. The molecule has 0 aromatic heterocycles. The Kier molecular flexibility index (Phi) is 6.06. The minimum atomic E-state index is -0.764. The molecule has 26 heavy (non-hydrogen) atoms. The van der Waals surface area contributed by atoms with Gasteiger partial charge in [-0.25, -0.2) is 9.18 Å². The number of carbonyl (C=O) groups excluding carboxylic acids is 3. The number of benzene rings is 2. The first kappa shape index (κ1) is 19.1. The van der Waals surface area contributed by atoms with Gasteiger partial charge in [-0.15, -0.1) is 0 Å². The number of methoxy groups -OCH3 is 1. The summed E-state index contributed by atoms with van der Waals surface area (Å²) in [6.45, 7) is 2.49. The summed E-state index contributed by atoms with van der Waals surface area (Å²) in [5.41, 5.74) is 1.20. The van der Waals surface area contributed by atoms with Crippen LogP contribution in [0.15, 0.2) is 36.4 Å². The average Bonchev–Trinajstić information content (AvgIpc) is 2.60. The van der Waals surface area contributed by atoms with Crippen LogP contribution in [0.5, 0.6) is 5.75 Å². The summed E-state index contributed by atoms with van der Waals surface area (Å²) in [5, 5.41) is 2.57. The van der Waals surface area contributed by atoms with E-state index in [1.807, 2.05) is 0 Å². The van der Waals surface area contributed by atoms with E-state index >= 15 is 0 Å². The SMILES string of the molecule is COc1ccc(C(=O)COC(=O)c2cccc(C)c2NC(C)=O)cc1F. The van der Waals surface area contributed by atoms with E-state index in [2.05, 4.69) is 5.32 Å². The van der Waals surface area contributed by atoms with Crippen molar-refractivity contribution in [2.45, 2.75) is 13.8 Å². The second kappa shape index (κ2) is 8.24. The Labute approximate surface area is 149 Å². The maximum Gasteiger partial charge on any atom is 0.340 e.